The largest absolute Gasteiger partial charge is 0.504 e. The monoisotopic (exact) mass is 354 g/mol. The number of benzene rings is 2. The van der Waals surface area contributed by atoms with Gasteiger partial charge in [-0.1, -0.05) is 36.4 Å². The van der Waals surface area contributed by atoms with Crippen LogP contribution in [0.1, 0.15) is 11.3 Å². The SMILES string of the molecule is O=C(/C=C/c1ccc(O)c(O)c1)OCc1c(-c2ccccc2)no[n+]1[O-]. The van der Waals surface area contributed by atoms with Crippen LogP contribution in [0.5, 0.6) is 11.5 Å². The van der Waals surface area contributed by atoms with Crippen molar-refractivity contribution >= 4 is 12.0 Å². The molecule has 2 N–H and O–H groups in total. The van der Waals surface area contributed by atoms with Gasteiger partial charge in [0, 0.05) is 16.8 Å². The van der Waals surface area contributed by atoms with Gasteiger partial charge in [0.05, 0.1) is 0 Å². The van der Waals surface area contributed by atoms with Gasteiger partial charge in [0.25, 0.3) is 5.69 Å². The summed E-state index contributed by atoms with van der Waals surface area (Å²) in [5.74, 6) is -1.26. The Hall–Kier alpha value is -3.81. The minimum Gasteiger partial charge on any atom is -0.504 e. The molecule has 0 unspecified atom stereocenters. The fourth-order valence-corrected chi connectivity index (χ4v) is 2.20. The van der Waals surface area contributed by atoms with Crippen LogP contribution >= 0.6 is 0 Å². The molecule has 8 heteroatoms. The molecular weight excluding hydrogens is 340 g/mol. The van der Waals surface area contributed by atoms with E-state index >= 15 is 0 Å². The number of phenols is 2. The predicted octanol–water partition coefficient (Wildman–Crippen LogP) is 2.14. The number of ether oxygens (including phenoxy) is 1. The molecule has 0 aliphatic rings. The molecule has 0 radical (unpaired) electrons. The maximum atomic E-state index is 11.8. The maximum Gasteiger partial charge on any atom is 0.331 e. The second-order valence-electron chi connectivity index (χ2n) is 5.28. The van der Waals surface area contributed by atoms with Gasteiger partial charge in [0.1, 0.15) is 0 Å². The Morgan fingerprint density at radius 1 is 1.19 bits per heavy atom. The number of aromatic hydroxyl groups is 2. The van der Waals surface area contributed by atoms with E-state index in [1.165, 1.54) is 24.3 Å². The molecule has 1 aromatic heterocycles. The molecule has 26 heavy (non-hydrogen) atoms. The van der Waals surface area contributed by atoms with Crippen LogP contribution in [0.3, 0.4) is 0 Å². The first kappa shape index (κ1) is 17.0. The average Bonchev–Trinajstić information content (AvgIpc) is 3.02. The van der Waals surface area contributed by atoms with Crippen LogP contribution in [0.15, 0.2) is 59.2 Å². The molecule has 0 saturated heterocycles. The third-order valence-electron chi connectivity index (χ3n) is 3.51. The summed E-state index contributed by atoms with van der Waals surface area (Å²) in [6.45, 7) is -0.318. The van der Waals surface area contributed by atoms with Crippen molar-refractivity contribution < 1.29 is 29.3 Å². The van der Waals surface area contributed by atoms with E-state index < -0.39 is 5.97 Å². The Morgan fingerprint density at radius 2 is 1.96 bits per heavy atom. The van der Waals surface area contributed by atoms with Crippen molar-refractivity contribution in [2.75, 3.05) is 0 Å². The van der Waals surface area contributed by atoms with Crippen molar-refractivity contribution in [3.8, 4) is 22.8 Å². The summed E-state index contributed by atoms with van der Waals surface area (Å²) in [7, 11) is 0. The Labute approximate surface area is 147 Å². The molecule has 0 aliphatic carbocycles. The van der Waals surface area contributed by atoms with Crippen LogP contribution in [0.2, 0.25) is 0 Å². The Bertz CT molecular complexity index is 950. The van der Waals surface area contributed by atoms with E-state index in [4.69, 9.17) is 4.74 Å². The standard InChI is InChI=1S/C18H14N2O6/c21-15-8-6-12(10-16(15)22)7-9-17(23)25-11-14-18(19-26-20(14)24)13-4-2-1-3-5-13/h1-10,21-22H,11H2/b9-7+. The lowest BCUT2D eigenvalue weighted by atomic mass is 10.1. The zero-order valence-electron chi connectivity index (χ0n) is 13.4. The van der Waals surface area contributed by atoms with Gasteiger partial charge in [-0.25, -0.2) is 4.79 Å². The van der Waals surface area contributed by atoms with Crippen molar-refractivity contribution in [2.45, 2.75) is 6.61 Å². The van der Waals surface area contributed by atoms with Crippen LogP contribution in [-0.2, 0) is 16.1 Å². The number of carbonyl (C=O) groups is 1. The quantitative estimate of drug-likeness (QED) is 0.312. The lowest BCUT2D eigenvalue weighted by Gasteiger charge is -2.01. The van der Waals surface area contributed by atoms with Gasteiger partial charge in [-0.3, -0.25) is 4.63 Å². The first-order valence-corrected chi connectivity index (χ1v) is 7.55. The molecule has 0 aliphatic heterocycles. The van der Waals surface area contributed by atoms with Gasteiger partial charge in [-0.05, 0) is 28.7 Å². The van der Waals surface area contributed by atoms with Gasteiger partial charge in [-0.2, -0.15) is 0 Å². The second kappa shape index (κ2) is 7.39. The number of aromatic nitrogens is 2. The van der Waals surface area contributed by atoms with E-state index in [1.54, 1.807) is 24.3 Å². The van der Waals surface area contributed by atoms with Gasteiger partial charge in [0.2, 0.25) is 5.69 Å². The van der Waals surface area contributed by atoms with E-state index in [0.29, 0.717) is 16.8 Å². The fraction of sp³-hybridized carbons (Fsp3) is 0.0556. The zero-order chi connectivity index (χ0) is 18.5. The summed E-state index contributed by atoms with van der Waals surface area (Å²) >= 11 is 0. The highest BCUT2D eigenvalue weighted by Gasteiger charge is 2.21. The highest BCUT2D eigenvalue weighted by molar-refractivity contribution is 5.87. The molecule has 3 aromatic rings. The topological polar surface area (TPSA) is 120 Å². The third-order valence-corrected chi connectivity index (χ3v) is 3.51. The van der Waals surface area contributed by atoms with E-state index in [2.05, 4.69) is 9.79 Å². The van der Waals surface area contributed by atoms with Crippen molar-refractivity contribution in [3.05, 3.63) is 71.1 Å². The van der Waals surface area contributed by atoms with Crippen molar-refractivity contribution in [1.29, 1.82) is 0 Å². The summed E-state index contributed by atoms with van der Waals surface area (Å²) in [6, 6.07) is 13.0. The summed E-state index contributed by atoms with van der Waals surface area (Å²) in [4.78, 5) is 12.0. The van der Waals surface area contributed by atoms with E-state index in [0.717, 1.165) is 6.08 Å². The number of nitrogens with zero attached hydrogens (tertiary/aromatic N) is 2. The molecule has 1 heterocycles. The molecule has 2 aromatic carbocycles. The lowest BCUT2D eigenvalue weighted by Crippen LogP contribution is -2.29. The highest BCUT2D eigenvalue weighted by Crippen LogP contribution is 2.25. The van der Waals surface area contributed by atoms with Gasteiger partial charge < -0.3 is 20.2 Å². The Morgan fingerprint density at radius 3 is 2.69 bits per heavy atom. The van der Waals surface area contributed by atoms with Gasteiger partial charge in [-0.15, -0.1) is 0 Å². The molecule has 3 rings (SSSR count). The first-order valence-electron chi connectivity index (χ1n) is 7.55. The fourth-order valence-electron chi connectivity index (χ4n) is 2.20. The summed E-state index contributed by atoms with van der Waals surface area (Å²) in [5.41, 5.74) is 1.51. The minimum absolute atomic E-state index is 0.0697. The first-order chi connectivity index (χ1) is 12.5. The molecular formula is C18H14N2O6. The third kappa shape index (κ3) is 3.81. The molecule has 0 atom stereocenters. The molecule has 0 spiro atoms. The number of hydrogen-bond acceptors (Lipinski definition) is 7. The van der Waals surface area contributed by atoms with E-state index in [1.807, 2.05) is 6.07 Å². The predicted molar refractivity (Wildman–Crippen MR) is 89.5 cm³/mol. The number of phenolic OH excluding ortho intramolecular Hbond substituents is 2. The van der Waals surface area contributed by atoms with Gasteiger partial charge in [0.15, 0.2) is 18.1 Å². The van der Waals surface area contributed by atoms with Crippen LogP contribution in [0.25, 0.3) is 17.3 Å². The van der Waals surface area contributed by atoms with Crippen molar-refractivity contribution in [1.82, 2.24) is 5.16 Å². The van der Waals surface area contributed by atoms with Crippen LogP contribution < -0.4 is 4.90 Å². The normalized spacial score (nSPS) is 10.9. The molecule has 132 valence electrons. The van der Waals surface area contributed by atoms with Crippen molar-refractivity contribution in [2.24, 2.45) is 0 Å². The Kier molecular flexibility index (Phi) is 4.84. The van der Waals surface area contributed by atoms with Gasteiger partial charge >= 0.3 is 5.97 Å². The molecule has 0 saturated carbocycles. The van der Waals surface area contributed by atoms with E-state index in [-0.39, 0.29) is 28.7 Å². The molecule has 0 fully saturated rings. The summed E-state index contributed by atoms with van der Waals surface area (Å²) in [6.07, 6.45) is 2.54. The van der Waals surface area contributed by atoms with E-state index in [9.17, 15) is 20.2 Å². The number of esters is 1. The van der Waals surface area contributed by atoms with Crippen LogP contribution in [0, 0.1) is 5.21 Å². The second-order valence-corrected chi connectivity index (χ2v) is 5.28. The number of rotatable bonds is 5. The highest BCUT2D eigenvalue weighted by atomic mass is 16.8. The molecule has 0 amide bonds. The summed E-state index contributed by atoms with van der Waals surface area (Å²) < 4.78 is 9.63. The maximum absolute atomic E-state index is 11.8. The molecule has 0 bridgehead atoms. The van der Waals surface area contributed by atoms with Crippen LogP contribution in [-0.4, -0.2) is 21.3 Å². The molecule has 8 nitrogen and oxygen atoms in total. The zero-order valence-corrected chi connectivity index (χ0v) is 13.4. The minimum atomic E-state index is -0.697. The lowest BCUT2D eigenvalue weighted by molar-refractivity contribution is -0.808. The number of hydrogen-bond donors (Lipinski definition) is 2. The smallest absolute Gasteiger partial charge is 0.331 e. The number of carbonyl (C=O) groups excluding carboxylic acids is 1. The summed E-state index contributed by atoms with van der Waals surface area (Å²) in [5, 5.41) is 34.0. The average molecular weight is 354 g/mol. The van der Waals surface area contributed by atoms with Crippen molar-refractivity contribution in [3.63, 3.8) is 0 Å². The Balaban J connectivity index is 1.67. The van der Waals surface area contributed by atoms with Crippen LogP contribution in [0.4, 0.5) is 0 Å².